The van der Waals surface area contributed by atoms with Crippen molar-refractivity contribution in [3.8, 4) is 5.75 Å². The number of carbonyl (C=O) groups is 3. The van der Waals surface area contributed by atoms with Gasteiger partial charge < -0.3 is 20.3 Å². The molecule has 1 atom stereocenters. The third-order valence-corrected chi connectivity index (χ3v) is 4.61. The molecule has 1 heterocycles. The van der Waals surface area contributed by atoms with E-state index in [1.165, 1.54) is 0 Å². The van der Waals surface area contributed by atoms with Crippen molar-refractivity contribution in [1.29, 1.82) is 0 Å². The molecule has 2 rings (SSSR count). The molecule has 2 N–H and O–H groups in total. The number of rotatable bonds is 8. The Morgan fingerprint density at radius 2 is 2.00 bits per heavy atom. The number of hydrogen-bond donors (Lipinski definition) is 1. The number of carbonyl (C=O) groups excluding carboxylic acids is 3. The minimum Gasteiger partial charge on any atom is -0.495 e. The Morgan fingerprint density at radius 3 is 2.65 bits per heavy atom. The average Bonchev–Trinajstić information content (AvgIpc) is 2.64. The molecule has 26 heavy (non-hydrogen) atoms. The first kappa shape index (κ1) is 19.8. The molecule has 3 amide bonds. The smallest absolute Gasteiger partial charge is 0.246 e. The fourth-order valence-corrected chi connectivity index (χ4v) is 3.21. The summed E-state index contributed by atoms with van der Waals surface area (Å²) >= 11 is 0. The van der Waals surface area contributed by atoms with Crippen LogP contribution in [0.2, 0.25) is 0 Å². The van der Waals surface area contributed by atoms with Gasteiger partial charge >= 0.3 is 0 Å². The largest absolute Gasteiger partial charge is 0.495 e. The average molecular weight is 361 g/mol. The SMILES string of the molecule is CCCCC1CN(c2ccccc2OC)C(=O)CN1C(=O)CCC(N)=O. The number of hydrogen-bond acceptors (Lipinski definition) is 4. The van der Waals surface area contributed by atoms with Crippen molar-refractivity contribution in [2.45, 2.75) is 45.1 Å². The molecule has 7 heteroatoms. The second-order valence-electron chi connectivity index (χ2n) is 6.46. The molecule has 1 unspecified atom stereocenters. The van der Waals surface area contributed by atoms with Gasteiger partial charge in [-0.3, -0.25) is 14.4 Å². The van der Waals surface area contributed by atoms with Crippen LogP contribution in [-0.4, -0.2) is 48.9 Å². The summed E-state index contributed by atoms with van der Waals surface area (Å²) in [6, 6.07) is 7.28. The predicted molar refractivity (Wildman–Crippen MR) is 98.8 cm³/mol. The van der Waals surface area contributed by atoms with Crippen LogP contribution in [0.1, 0.15) is 39.0 Å². The highest BCUT2D eigenvalue weighted by Gasteiger charge is 2.35. The van der Waals surface area contributed by atoms with Crippen LogP contribution < -0.4 is 15.4 Å². The zero-order valence-corrected chi connectivity index (χ0v) is 15.4. The van der Waals surface area contributed by atoms with Crippen molar-refractivity contribution in [3.63, 3.8) is 0 Å². The highest BCUT2D eigenvalue weighted by Crippen LogP contribution is 2.31. The third-order valence-electron chi connectivity index (χ3n) is 4.61. The van der Waals surface area contributed by atoms with Gasteiger partial charge in [-0.2, -0.15) is 0 Å². The summed E-state index contributed by atoms with van der Waals surface area (Å²) in [5.74, 6) is -0.237. The Kier molecular flexibility index (Phi) is 7.00. The Balaban J connectivity index is 2.21. The molecule has 0 aromatic heterocycles. The van der Waals surface area contributed by atoms with Crippen molar-refractivity contribution >= 4 is 23.4 Å². The van der Waals surface area contributed by atoms with E-state index < -0.39 is 5.91 Å². The van der Waals surface area contributed by atoms with Crippen molar-refractivity contribution in [1.82, 2.24) is 4.90 Å². The van der Waals surface area contributed by atoms with Crippen LogP contribution in [0.15, 0.2) is 24.3 Å². The van der Waals surface area contributed by atoms with Crippen LogP contribution in [0.5, 0.6) is 5.75 Å². The van der Waals surface area contributed by atoms with E-state index in [4.69, 9.17) is 10.5 Å². The highest BCUT2D eigenvalue weighted by molar-refractivity contribution is 5.99. The number of benzene rings is 1. The van der Waals surface area contributed by atoms with Gasteiger partial charge in [0.05, 0.1) is 18.8 Å². The van der Waals surface area contributed by atoms with Crippen molar-refractivity contribution < 1.29 is 19.1 Å². The first-order valence-electron chi connectivity index (χ1n) is 8.99. The van der Waals surface area contributed by atoms with E-state index in [0.717, 1.165) is 19.3 Å². The second kappa shape index (κ2) is 9.22. The summed E-state index contributed by atoms with van der Waals surface area (Å²) in [6.07, 6.45) is 2.80. The van der Waals surface area contributed by atoms with E-state index in [1.807, 2.05) is 24.3 Å². The summed E-state index contributed by atoms with van der Waals surface area (Å²) in [6.45, 7) is 2.51. The topological polar surface area (TPSA) is 92.9 Å². The molecule has 0 spiro atoms. The van der Waals surface area contributed by atoms with Crippen molar-refractivity contribution in [3.05, 3.63) is 24.3 Å². The van der Waals surface area contributed by atoms with E-state index >= 15 is 0 Å². The standard InChI is InChI=1S/C19H27N3O4/c1-3-4-7-14-12-22(15-8-5-6-9-16(15)26-2)19(25)13-21(14)18(24)11-10-17(20)23/h5-6,8-9,14H,3-4,7,10-13H2,1-2H3,(H2,20,23). The maximum atomic E-state index is 12.7. The number of ether oxygens (including phenoxy) is 1. The molecule has 1 saturated heterocycles. The summed E-state index contributed by atoms with van der Waals surface area (Å²) in [5, 5.41) is 0. The van der Waals surface area contributed by atoms with Crippen LogP contribution in [0.4, 0.5) is 5.69 Å². The Hall–Kier alpha value is -2.57. The minimum absolute atomic E-state index is 0.000242. The number of nitrogens with zero attached hydrogens (tertiary/aromatic N) is 2. The molecule has 0 radical (unpaired) electrons. The number of methoxy groups -OCH3 is 1. The first-order valence-corrected chi connectivity index (χ1v) is 8.99. The molecule has 0 aliphatic carbocycles. The maximum Gasteiger partial charge on any atom is 0.246 e. The van der Waals surface area contributed by atoms with Gasteiger partial charge in [-0.1, -0.05) is 31.9 Å². The van der Waals surface area contributed by atoms with Crippen LogP contribution in [0, 0.1) is 0 Å². The van der Waals surface area contributed by atoms with E-state index in [9.17, 15) is 14.4 Å². The predicted octanol–water partition coefficient (Wildman–Crippen LogP) is 1.69. The van der Waals surface area contributed by atoms with E-state index in [-0.39, 0.29) is 37.2 Å². The van der Waals surface area contributed by atoms with Crippen LogP contribution in [-0.2, 0) is 14.4 Å². The molecule has 7 nitrogen and oxygen atoms in total. The third kappa shape index (κ3) is 4.74. The Bertz CT molecular complexity index is 662. The normalized spacial score (nSPS) is 17.3. The van der Waals surface area contributed by atoms with Gasteiger partial charge in [0.25, 0.3) is 0 Å². The monoisotopic (exact) mass is 361 g/mol. The molecule has 1 aromatic rings. The fraction of sp³-hybridized carbons (Fsp3) is 0.526. The lowest BCUT2D eigenvalue weighted by molar-refractivity contribution is -0.140. The van der Waals surface area contributed by atoms with Crippen molar-refractivity contribution in [2.24, 2.45) is 5.73 Å². The van der Waals surface area contributed by atoms with Gasteiger partial charge in [0.15, 0.2) is 0 Å². The number of unbranched alkanes of at least 4 members (excludes halogenated alkanes) is 1. The lowest BCUT2D eigenvalue weighted by Gasteiger charge is -2.41. The summed E-state index contributed by atoms with van der Waals surface area (Å²) in [4.78, 5) is 39.5. The van der Waals surface area contributed by atoms with Crippen LogP contribution in [0.3, 0.4) is 0 Å². The molecule has 1 aliphatic rings. The molecule has 0 saturated carbocycles. The summed E-state index contributed by atoms with van der Waals surface area (Å²) < 4.78 is 5.38. The molecule has 1 aromatic carbocycles. The van der Waals surface area contributed by atoms with E-state index in [0.29, 0.717) is 18.0 Å². The maximum absolute atomic E-state index is 12.7. The van der Waals surface area contributed by atoms with E-state index in [1.54, 1.807) is 16.9 Å². The van der Waals surface area contributed by atoms with Crippen LogP contribution >= 0.6 is 0 Å². The highest BCUT2D eigenvalue weighted by atomic mass is 16.5. The molecule has 1 aliphatic heterocycles. The van der Waals surface area contributed by atoms with Gasteiger partial charge in [-0.05, 0) is 18.6 Å². The number of anilines is 1. The Labute approximate surface area is 154 Å². The summed E-state index contributed by atoms with van der Waals surface area (Å²) in [5.41, 5.74) is 5.86. The van der Waals surface area contributed by atoms with Gasteiger partial charge in [0, 0.05) is 19.4 Å². The number of nitrogens with two attached hydrogens (primary N) is 1. The van der Waals surface area contributed by atoms with Crippen molar-refractivity contribution in [2.75, 3.05) is 25.1 Å². The first-order chi connectivity index (χ1) is 12.5. The number of primary amides is 1. The van der Waals surface area contributed by atoms with Crippen LogP contribution in [0.25, 0.3) is 0 Å². The molecule has 1 fully saturated rings. The number of amides is 3. The molecule has 142 valence electrons. The zero-order valence-electron chi connectivity index (χ0n) is 15.4. The quantitative estimate of drug-likeness (QED) is 0.762. The van der Waals surface area contributed by atoms with Gasteiger partial charge in [0.2, 0.25) is 17.7 Å². The number of piperazine rings is 1. The molecule has 0 bridgehead atoms. The molecular formula is C19H27N3O4. The lowest BCUT2D eigenvalue weighted by Crippen LogP contribution is -2.58. The van der Waals surface area contributed by atoms with Gasteiger partial charge in [-0.25, -0.2) is 0 Å². The minimum atomic E-state index is -0.512. The number of para-hydroxylation sites is 2. The van der Waals surface area contributed by atoms with Gasteiger partial charge in [-0.15, -0.1) is 0 Å². The molecular weight excluding hydrogens is 334 g/mol. The van der Waals surface area contributed by atoms with Gasteiger partial charge in [0.1, 0.15) is 12.3 Å². The Morgan fingerprint density at radius 1 is 1.27 bits per heavy atom. The summed E-state index contributed by atoms with van der Waals surface area (Å²) in [7, 11) is 1.57. The zero-order chi connectivity index (χ0) is 19.1. The fourth-order valence-electron chi connectivity index (χ4n) is 3.21. The lowest BCUT2D eigenvalue weighted by atomic mass is 10.0. The second-order valence-corrected chi connectivity index (χ2v) is 6.46. The van der Waals surface area contributed by atoms with E-state index in [2.05, 4.69) is 6.92 Å².